The second-order valence-corrected chi connectivity index (χ2v) is 7.32. The molecule has 2 N–H and O–H groups in total. The summed E-state index contributed by atoms with van der Waals surface area (Å²) in [5.41, 5.74) is 3.23. The van der Waals surface area contributed by atoms with Gasteiger partial charge >= 0.3 is 0 Å². The number of thioether (sulfide) groups is 1. The lowest BCUT2D eigenvalue weighted by molar-refractivity contribution is -0.128. The predicted octanol–water partition coefficient (Wildman–Crippen LogP) is 1.47. The lowest BCUT2D eigenvalue weighted by atomic mass is 10.1. The fraction of sp³-hybridized carbons (Fsp3) is 0.588. The summed E-state index contributed by atoms with van der Waals surface area (Å²) in [6.45, 7) is 7.23. The van der Waals surface area contributed by atoms with Gasteiger partial charge in [0.2, 0.25) is 0 Å². The van der Waals surface area contributed by atoms with Crippen molar-refractivity contribution in [3.05, 3.63) is 29.3 Å². The first kappa shape index (κ1) is 16.8. The van der Waals surface area contributed by atoms with Crippen LogP contribution < -0.4 is 10.6 Å². The van der Waals surface area contributed by atoms with Crippen molar-refractivity contribution < 1.29 is 9.53 Å². The summed E-state index contributed by atoms with van der Waals surface area (Å²) in [5.74, 6) is 2.36. The minimum absolute atomic E-state index is 0.0631. The number of amides is 1. The van der Waals surface area contributed by atoms with Crippen LogP contribution in [0.4, 0.5) is 5.69 Å². The molecular formula is C17H25N3O2S. The number of benzene rings is 1. The van der Waals surface area contributed by atoms with Gasteiger partial charge in [0.1, 0.15) is 6.10 Å². The van der Waals surface area contributed by atoms with E-state index in [1.807, 2.05) is 18.7 Å². The van der Waals surface area contributed by atoms with Gasteiger partial charge in [-0.05, 0) is 24.1 Å². The number of anilines is 1. The highest BCUT2D eigenvalue weighted by Gasteiger charge is 2.22. The third kappa shape index (κ3) is 4.70. The normalized spacial score (nSPS) is 22.7. The minimum Gasteiger partial charge on any atom is -0.366 e. The summed E-state index contributed by atoms with van der Waals surface area (Å²) in [6, 6.07) is 6.35. The first-order valence-corrected chi connectivity index (χ1v) is 9.40. The van der Waals surface area contributed by atoms with Gasteiger partial charge in [-0.25, -0.2) is 0 Å². The van der Waals surface area contributed by atoms with Gasteiger partial charge in [0.15, 0.2) is 0 Å². The lowest BCUT2D eigenvalue weighted by Crippen LogP contribution is -2.45. The molecule has 0 bridgehead atoms. The van der Waals surface area contributed by atoms with E-state index < -0.39 is 6.10 Å². The molecule has 1 aromatic carbocycles. The summed E-state index contributed by atoms with van der Waals surface area (Å²) in [5, 5.41) is 6.22. The molecule has 2 fully saturated rings. The number of hydrogen-bond donors (Lipinski definition) is 2. The van der Waals surface area contributed by atoms with Crippen LogP contribution in [0.3, 0.4) is 0 Å². The van der Waals surface area contributed by atoms with Crippen molar-refractivity contribution in [3.63, 3.8) is 0 Å². The monoisotopic (exact) mass is 335 g/mol. The van der Waals surface area contributed by atoms with Crippen molar-refractivity contribution in [2.45, 2.75) is 19.6 Å². The quantitative estimate of drug-likeness (QED) is 0.873. The van der Waals surface area contributed by atoms with Gasteiger partial charge < -0.3 is 15.4 Å². The molecule has 2 aliphatic rings. The number of hydrogen-bond acceptors (Lipinski definition) is 5. The van der Waals surface area contributed by atoms with E-state index in [-0.39, 0.29) is 5.91 Å². The van der Waals surface area contributed by atoms with E-state index in [0.717, 1.165) is 37.4 Å². The van der Waals surface area contributed by atoms with Crippen LogP contribution in [0, 0.1) is 6.92 Å². The van der Waals surface area contributed by atoms with Crippen LogP contribution in [-0.2, 0) is 16.1 Å². The zero-order valence-corrected chi connectivity index (χ0v) is 14.5. The lowest BCUT2D eigenvalue weighted by Gasteiger charge is -2.26. The molecule has 3 rings (SSSR count). The average molecular weight is 335 g/mol. The van der Waals surface area contributed by atoms with Crippen LogP contribution >= 0.6 is 11.8 Å². The molecule has 0 radical (unpaired) electrons. The van der Waals surface area contributed by atoms with Crippen LogP contribution in [0.5, 0.6) is 0 Å². The van der Waals surface area contributed by atoms with Crippen LogP contribution in [-0.4, -0.2) is 61.2 Å². The Morgan fingerprint density at radius 3 is 3.00 bits per heavy atom. The second kappa shape index (κ2) is 8.15. The molecule has 23 heavy (non-hydrogen) atoms. The molecule has 2 saturated heterocycles. The van der Waals surface area contributed by atoms with E-state index in [9.17, 15) is 4.79 Å². The number of carbonyl (C=O) groups excluding carboxylic acids is 1. The minimum atomic E-state index is -0.397. The Balaban J connectivity index is 1.63. The Labute approximate surface area is 142 Å². The number of morpholine rings is 1. The number of carbonyl (C=O) groups is 1. The van der Waals surface area contributed by atoms with Crippen LogP contribution in [0.25, 0.3) is 0 Å². The maximum atomic E-state index is 12.3. The third-order valence-corrected chi connectivity index (χ3v) is 5.23. The Morgan fingerprint density at radius 2 is 2.26 bits per heavy atom. The van der Waals surface area contributed by atoms with Crippen molar-refractivity contribution in [2.24, 2.45) is 0 Å². The molecule has 1 atom stereocenters. The van der Waals surface area contributed by atoms with Gasteiger partial charge in [-0.1, -0.05) is 12.1 Å². The number of rotatable bonds is 4. The van der Waals surface area contributed by atoms with Gasteiger partial charge in [0.25, 0.3) is 5.91 Å². The third-order valence-electron chi connectivity index (χ3n) is 4.29. The SMILES string of the molecule is Cc1ccc(CN2CCSCC2)cc1NC(=O)C1CNCCO1. The molecule has 5 nitrogen and oxygen atoms in total. The maximum Gasteiger partial charge on any atom is 0.254 e. The molecule has 2 aliphatic heterocycles. The van der Waals surface area contributed by atoms with Crippen molar-refractivity contribution in [1.82, 2.24) is 10.2 Å². The van der Waals surface area contributed by atoms with E-state index >= 15 is 0 Å². The van der Waals surface area contributed by atoms with Gasteiger partial charge in [-0.3, -0.25) is 9.69 Å². The molecule has 126 valence electrons. The number of aryl methyl sites for hydroxylation is 1. The summed E-state index contributed by atoms with van der Waals surface area (Å²) < 4.78 is 5.52. The Morgan fingerprint density at radius 1 is 1.43 bits per heavy atom. The first-order valence-electron chi connectivity index (χ1n) is 8.25. The molecule has 1 unspecified atom stereocenters. The van der Waals surface area contributed by atoms with E-state index in [0.29, 0.717) is 13.2 Å². The zero-order valence-electron chi connectivity index (χ0n) is 13.6. The predicted molar refractivity (Wildman–Crippen MR) is 95.0 cm³/mol. The molecule has 0 aromatic heterocycles. The molecule has 6 heteroatoms. The maximum absolute atomic E-state index is 12.3. The summed E-state index contributed by atoms with van der Waals surface area (Å²) in [7, 11) is 0. The van der Waals surface area contributed by atoms with Crippen molar-refractivity contribution >= 4 is 23.4 Å². The summed E-state index contributed by atoms with van der Waals surface area (Å²) in [6.07, 6.45) is -0.397. The van der Waals surface area contributed by atoms with E-state index in [1.54, 1.807) is 0 Å². The topological polar surface area (TPSA) is 53.6 Å². The van der Waals surface area contributed by atoms with Crippen molar-refractivity contribution in [3.8, 4) is 0 Å². The van der Waals surface area contributed by atoms with Gasteiger partial charge in [-0.2, -0.15) is 11.8 Å². The Bertz CT molecular complexity index is 541. The molecule has 0 spiro atoms. The van der Waals surface area contributed by atoms with E-state index in [2.05, 4.69) is 33.7 Å². The molecular weight excluding hydrogens is 310 g/mol. The van der Waals surface area contributed by atoms with Gasteiger partial charge in [0.05, 0.1) is 6.61 Å². The second-order valence-electron chi connectivity index (χ2n) is 6.09. The van der Waals surface area contributed by atoms with Crippen molar-refractivity contribution in [1.29, 1.82) is 0 Å². The van der Waals surface area contributed by atoms with Crippen LogP contribution in [0.2, 0.25) is 0 Å². The number of ether oxygens (including phenoxy) is 1. The highest BCUT2D eigenvalue weighted by atomic mass is 32.2. The molecule has 1 aromatic rings. The molecule has 1 amide bonds. The molecule has 0 aliphatic carbocycles. The Hall–Kier alpha value is -1.08. The van der Waals surface area contributed by atoms with Crippen LogP contribution in [0.1, 0.15) is 11.1 Å². The van der Waals surface area contributed by atoms with E-state index in [4.69, 9.17) is 4.74 Å². The first-order chi connectivity index (χ1) is 11.2. The highest BCUT2D eigenvalue weighted by molar-refractivity contribution is 7.99. The molecule has 0 saturated carbocycles. The fourth-order valence-electron chi connectivity index (χ4n) is 2.87. The zero-order chi connectivity index (χ0) is 16.1. The van der Waals surface area contributed by atoms with Gasteiger partial charge in [-0.15, -0.1) is 0 Å². The van der Waals surface area contributed by atoms with E-state index in [1.165, 1.54) is 17.1 Å². The van der Waals surface area contributed by atoms with Gasteiger partial charge in [0, 0.05) is 49.9 Å². The van der Waals surface area contributed by atoms with Crippen molar-refractivity contribution in [2.75, 3.05) is 49.6 Å². The largest absolute Gasteiger partial charge is 0.366 e. The smallest absolute Gasteiger partial charge is 0.254 e. The summed E-state index contributed by atoms with van der Waals surface area (Å²) in [4.78, 5) is 14.8. The Kier molecular flexibility index (Phi) is 5.94. The summed E-state index contributed by atoms with van der Waals surface area (Å²) >= 11 is 2.02. The number of nitrogens with one attached hydrogen (secondary N) is 2. The highest BCUT2D eigenvalue weighted by Crippen LogP contribution is 2.20. The average Bonchev–Trinajstić information content (AvgIpc) is 2.59. The number of nitrogens with zero attached hydrogens (tertiary/aromatic N) is 1. The van der Waals surface area contributed by atoms with Crippen LogP contribution in [0.15, 0.2) is 18.2 Å². The fourth-order valence-corrected chi connectivity index (χ4v) is 3.85. The standard InChI is InChI=1S/C17H25N3O2S/c1-13-2-3-14(12-20-5-8-23-9-6-20)10-15(13)19-17(21)16-11-18-4-7-22-16/h2-3,10,16,18H,4-9,11-12H2,1H3,(H,19,21). The molecule has 2 heterocycles.